The number of carbonyl (C=O) groups is 1. The van der Waals surface area contributed by atoms with Gasteiger partial charge in [-0.05, 0) is 6.42 Å². The standard InChI is InChI=1S/C9H14N4O3S/c10-8-7(6-11-12-8)9(14)13-2-1-4-17(15,16)5-3-13/h6H,1-5H2,(H3,10,11,12). The highest BCUT2D eigenvalue weighted by molar-refractivity contribution is 7.91. The van der Waals surface area contributed by atoms with E-state index in [0.29, 0.717) is 18.5 Å². The number of hydrogen-bond acceptors (Lipinski definition) is 5. The number of amides is 1. The molecule has 1 aliphatic heterocycles. The van der Waals surface area contributed by atoms with E-state index < -0.39 is 9.84 Å². The van der Waals surface area contributed by atoms with Gasteiger partial charge in [0.1, 0.15) is 11.4 Å². The Hall–Kier alpha value is -1.57. The topological polar surface area (TPSA) is 109 Å². The molecule has 0 spiro atoms. The number of carbonyl (C=O) groups excluding carboxylic acids is 1. The molecule has 0 aliphatic carbocycles. The fourth-order valence-electron chi connectivity index (χ4n) is 1.78. The molecule has 94 valence electrons. The van der Waals surface area contributed by atoms with Crippen LogP contribution in [0.2, 0.25) is 0 Å². The average Bonchev–Trinajstić information content (AvgIpc) is 2.59. The van der Waals surface area contributed by atoms with Gasteiger partial charge in [0.2, 0.25) is 0 Å². The Kier molecular flexibility index (Phi) is 3.05. The first-order chi connectivity index (χ1) is 7.99. The summed E-state index contributed by atoms with van der Waals surface area (Å²) in [4.78, 5) is 13.5. The zero-order valence-corrected chi connectivity index (χ0v) is 10.0. The van der Waals surface area contributed by atoms with E-state index in [1.165, 1.54) is 11.1 Å². The fourth-order valence-corrected chi connectivity index (χ4v) is 3.05. The number of nitrogens with two attached hydrogens (primary N) is 1. The second-order valence-corrected chi connectivity index (χ2v) is 6.30. The van der Waals surface area contributed by atoms with Gasteiger partial charge in [0.05, 0.1) is 17.7 Å². The molecule has 0 unspecified atom stereocenters. The van der Waals surface area contributed by atoms with Crippen molar-refractivity contribution < 1.29 is 13.2 Å². The molecule has 1 aromatic rings. The molecule has 0 radical (unpaired) electrons. The third-order valence-corrected chi connectivity index (χ3v) is 4.46. The summed E-state index contributed by atoms with van der Waals surface area (Å²) in [5.41, 5.74) is 5.85. The molecular formula is C9H14N4O3S. The Morgan fingerprint density at radius 2 is 2.18 bits per heavy atom. The summed E-state index contributed by atoms with van der Waals surface area (Å²) in [5, 5.41) is 6.16. The van der Waals surface area contributed by atoms with E-state index in [2.05, 4.69) is 10.2 Å². The number of H-pyrrole nitrogens is 1. The van der Waals surface area contributed by atoms with Crippen molar-refractivity contribution in [3.63, 3.8) is 0 Å². The first-order valence-corrected chi connectivity index (χ1v) is 7.10. The van der Waals surface area contributed by atoms with Crippen LogP contribution in [0.3, 0.4) is 0 Å². The maximum atomic E-state index is 12.0. The van der Waals surface area contributed by atoms with Crippen LogP contribution in [0.4, 0.5) is 5.82 Å². The molecule has 0 bridgehead atoms. The maximum Gasteiger partial charge on any atom is 0.259 e. The van der Waals surface area contributed by atoms with Gasteiger partial charge in [-0.2, -0.15) is 5.10 Å². The van der Waals surface area contributed by atoms with Gasteiger partial charge >= 0.3 is 0 Å². The van der Waals surface area contributed by atoms with Crippen molar-refractivity contribution in [1.82, 2.24) is 15.1 Å². The number of aromatic amines is 1. The maximum absolute atomic E-state index is 12.0. The number of sulfone groups is 1. The lowest BCUT2D eigenvalue weighted by molar-refractivity contribution is 0.0769. The van der Waals surface area contributed by atoms with Gasteiger partial charge in [-0.3, -0.25) is 9.89 Å². The van der Waals surface area contributed by atoms with Crippen molar-refractivity contribution in [2.24, 2.45) is 0 Å². The molecule has 8 heteroatoms. The van der Waals surface area contributed by atoms with Crippen molar-refractivity contribution >= 4 is 21.6 Å². The molecule has 0 aromatic carbocycles. The Morgan fingerprint density at radius 3 is 2.82 bits per heavy atom. The number of aromatic nitrogens is 2. The number of nitrogens with zero attached hydrogens (tertiary/aromatic N) is 2. The van der Waals surface area contributed by atoms with Gasteiger partial charge in [0.25, 0.3) is 5.91 Å². The summed E-state index contributed by atoms with van der Waals surface area (Å²) in [6.45, 7) is 0.647. The van der Waals surface area contributed by atoms with E-state index in [1.54, 1.807) is 0 Å². The van der Waals surface area contributed by atoms with Crippen LogP contribution in [0.15, 0.2) is 6.20 Å². The van der Waals surface area contributed by atoms with Crippen LogP contribution in [0, 0.1) is 0 Å². The highest BCUT2D eigenvalue weighted by Gasteiger charge is 2.24. The first-order valence-electron chi connectivity index (χ1n) is 5.28. The predicted molar refractivity (Wildman–Crippen MR) is 62.2 cm³/mol. The molecule has 1 amide bonds. The molecule has 1 aromatic heterocycles. The summed E-state index contributed by atoms with van der Waals surface area (Å²) in [5.74, 6) is 0.0872. The van der Waals surface area contributed by atoms with Crippen LogP contribution < -0.4 is 5.73 Å². The molecule has 3 N–H and O–H groups in total. The van der Waals surface area contributed by atoms with Gasteiger partial charge in [0, 0.05) is 13.1 Å². The van der Waals surface area contributed by atoms with E-state index in [9.17, 15) is 13.2 Å². The summed E-state index contributed by atoms with van der Waals surface area (Å²) < 4.78 is 22.8. The SMILES string of the molecule is Nc1[nH]ncc1C(=O)N1CCCS(=O)(=O)CC1. The van der Waals surface area contributed by atoms with Gasteiger partial charge in [0.15, 0.2) is 9.84 Å². The molecule has 0 saturated carbocycles. The summed E-state index contributed by atoms with van der Waals surface area (Å²) in [6.07, 6.45) is 1.82. The zero-order valence-electron chi connectivity index (χ0n) is 9.22. The lowest BCUT2D eigenvalue weighted by Gasteiger charge is -2.18. The fraction of sp³-hybridized carbons (Fsp3) is 0.556. The summed E-state index contributed by atoms with van der Waals surface area (Å²) in [6, 6.07) is 0. The number of hydrogen-bond donors (Lipinski definition) is 2. The number of anilines is 1. The molecule has 1 fully saturated rings. The summed E-state index contributed by atoms with van der Waals surface area (Å²) >= 11 is 0. The monoisotopic (exact) mass is 258 g/mol. The second-order valence-electron chi connectivity index (χ2n) is 3.99. The minimum Gasteiger partial charge on any atom is -0.383 e. The lowest BCUT2D eigenvalue weighted by Crippen LogP contribution is -2.33. The smallest absolute Gasteiger partial charge is 0.259 e. The molecule has 2 heterocycles. The Bertz CT molecular complexity index is 522. The van der Waals surface area contributed by atoms with Crippen LogP contribution in [0.5, 0.6) is 0 Å². The van der Waals surface area contributed by atoms with Crippen molar-refractivity contribution in [3.8, 4) is 0 Å². The van der Waals surface area contributed by atoms with Crippen LogP contribution in [-0.4, -0.2) is 54.0 Å². The van der Waals surface area contributed by atoms with Crippen molar-refractivity contribution in [2.75, 3.05) is 30.3 Å². The Morgan fingerprint density at radius 1 is 1.41 bits per heavy atom. The quantitative estimate of drug-likeness (QED) is 0.689. The molecular weight excluding hydrogens is 244 g/mol. The van der Waals surface area contributed by atoms with Gasteiger partial charge in [-0.1, -0.05) is 0 Å². The van der Waals surface area contributed by atoms with E-state index in [4.69, 9.17) is 5.73 Å². The number of nitrogen functional groups attached to an aromatic ring is 1. The molecule has 2 rings (SSSR count). The molecule has 1 saturated heterocycles. The highest BCUT2D eigenvalue weighted by atomic mass is 32.2. The van der Waals surface area contributed by atoms with Crippen LogP contribution >= 0.6 is 0 Å². The minimum atomic E-state index is -3.01. The predicted octanol–water partition coefficient (Wildman–Crippen LogP) is -0.747. The van der Waals surface area contributed by atoms with Gasteiger partial charge in [-0.25, -0.2) is 8.42 Å². The van der Waals surface area contributed by atoms with Crippen molar-refractivity contribution in [2.45, 2.75) is 6.42 Å². The molecule has 7 nitrogen and oxygen atoms in total. The van der Waals surface area contributed by atoms with Crippen molar-refractivity contribution in [1.29, 1.82) is 0 Å². The number of nitrogens with one attached hydrogen (secondary N) is 1. The first kappa shape index (κ1) is 11.9. The Labute approximate surface area is 98.9 Å². The van der Waals surface area contributed by atoms with E-state index in [0.717, 1.165) is 0 Å². The van der Waals surface area contributed by atoms with Crippen LogP contribution in [0.25, 0.3) is 0 Å². The molecule has 0 atom stereocenters. The second kappa shape index (κ2) is 4.36. The number of rotatable bonds is 1. The normalized spacial score (nSPS) is 19.9. The van der Waals surface area contributed by atoms with Crippen LogP contribution in [-0.2, 0) is 9.84 Å². The molecule has 17 heavy (non-hydrogen) atoms. The van der Waals surface area contributed by atoms with Gasteiger partial charge < -0.3 is 10.6 Å². The largest absolute Gasteiger partial charge is 0.383 e. The third-order valence-electron chi connectivity index (χ3n) is 2.74. The van der Waals surface area contributed by atoms with Gasteiger partial charge in [-0.15, -0.1) is 0 Å². The van der Waals surface area contributed by atoms with E-state index in [-0.39, 0.29) is 29.8 Å². The minimum absolute atomic E-state index is 0.0104. The Balaban J connectivity index is 2.14. The summed E-state index contributed by atoms with van der Waals surface area (Å²) in [7, 11) is -3.01. The average molecular weight is 258 g/mol. The van der Waals surface area contributed by atoms with Crippen LogP contribution in [0.1, 0.15) is 16.8 Å². The van der Waals surface area contributed by atoms with Crippen molar-refractivity contribution in [3.05, 3.63) is 11.8 Å². The lowest BCUT2D eigenvalue weighted by atomic mass is 10.2. The third kappa shape index (κ3) is 2.57. The van der Waals surface area contributed by atoms with E-state index >= 15 is 0 Å². The van der Waals surface area contributed by atoms with E-state index in [1.807, 2.05) is 0 Å². The highest BCUT2D eigenvalue weighted by Crippen LogP contribution is 2.13. The zero-order chi connectivity index (χ0) is 12.5. The molecule has 1 aliphatic rings.